The lowest BCUT2D eigenvalue weighted by Crippen LogP contribution is -1.86. The molecule has 0 aliphatic rings. The molecule has 12 heavy (non-hydrogen) atoms. The Bertz CT molecular complexity index is 433. The maximum absolute atomic E-state index is 13.1. The Morgan fingerprint density at radius 3 is 2.92 bits per heavy atom. The van der Waals surface area contributed by atoms with Crippen molar-refractivity contribution in [2.45, 2.75) is 6.92 Å². The van der Waals surface area contributed by atoms with Crippen LogP contribution in [0.2, 0.25) is 0 Å². The number of thiophene rings is 1. The van der Waals surface area contributed by atoms with Gasteiger partial charge in [-0.1, -0.05) is 0 Å². The van der Waals surface area contributed by atoms with Crippen molar-refractivity contribution in [1.29, 1.82) is 0 Å². The van der Waals surface area contributed by atoms with Gasteiger partial charge in [0.1, 0.15) is 5.82 Å². The number of anilines is 1. The molecule has 0 saturated heterocycles. The Morgan fingerprint density at radius 2 is 2.17 bits per heavy atom. The first-order valence-electron chi connectivity index (χ1n) is 3.62. The van der Waals surface area contributed by atoms with E-state index in [1.807, 2.05) is 5.38 Å². The summed E-state index contributed by atoms with van der Waals surface area (Å²) in [5.74, 6) is -0.187. The fourth-order valence-corrected chi connectivity index (χ4v) is 2.21. The van der Waals surface area contributed by atoms with E-state index in [-0.39, 0.29) is 5.82 Å². The van der Waals surface area contributed by atoms with Crippen LogP contribution in [0.5, 0.6) is 0 Å². The molecule has 0 atom stereocenters. The Hall–Kier alpha value is -1.09. The van der Waals surface area contributed by atoms with E-state index in [4.69, 9.17) is 5.73 Å². The van der Waals surface area contributed by atoms with E-state index in [2.05, 4.69) is 0 Å². The normalized spacial score (nSPS) is 10.8. The van der Waals surface area contributed by atoms with Crippen LogP contribution in [-0.4, -0.2) is 0 Å². The van der Waals surface area contributed by atoms with Gasteiger partial charge in [0.25, 0.3) is 0 Å². The predicted molar refractivity (Wildman–Crippen MR) is 50.9 cm³/mol. The zero-order valence-electron chi connectivity index (χ0n) is 6.60. The third kappa shape index (κ3) is 0.898. The highest BCUT2D eigenvalue weighted by Crippen LogP contribution is 2.31. The number of hydrogen-bond donors (Lipinski definition) is 1. The molecule has 0 aliphatic heterocycles. The smallest absolute Gasteiger partial charge is 0.126 e. The van der Waals surface area contributed by atoms with Crippen LogP contribution >= 0.6 is 11.3 Å². The molecule has 0 bridgehead atoms. The van der Waals surface area contributed by atoms with Gasteiger partial charge in [-0.2, -0.15) is 0 Å². The second kappa shape index (κ2) is 2.45. The minimum Gasteiger partial charge on any atom is -0.398 e. The van der Waals surface area contributed by atoms with Gasteiger partial charge in [-0.25, -0.2) is 4.39 Å². The number of rotatable bonds is 0. The molecule has 1 heterocycles. The van der Waals surface area contributed by atoms with Crippen LogP contribution in [0.3, 0.4) is 0 Å². The van der Waals surface area contributed by atoms with Crippen molar-refractivity contribution in [1.82, 2.24) is 0 Å². The van der Waals surface area contributed by atoms with E-state index < -0.39 is 0 Å². The summed E-state index contributed by atoms with van der Waals surface area (Å²) < 4.78 is 14.1. The highest BCUT2D eigenvalue weighted by molar-refractivity contribution is 7.17. The number of benzene rings is 1. The maximum Gasteiger partial charge on any atom is 0.126 e. The number of nitrogen functional groups attached to an aromatic ring is 1. The molecular formula is C9H8FNS. The molecule has 0 amide bonds. The van der Waals surface area contributed by atoms with Crippen molar-refractivity contribution in [2.24, 2.45) is 0 Å². The molecule has 1 nitrogen and oxygen atoms in total. The van der Waals surface area contributed by atoms with Gasteiger partial charge in [0.2, 0.25) is 0 Å². The molecule has 2 N–H and O–H groups in total. The molecule has 0 radical (unpaired) electrons. The molecule has 0 spiro atoms. The largest absolute Gasteiger partial charge is 0.398 e. The fourth-order valence-electron chi connectivity index (χ4n) is 1.30. The number of hydrogen-bond acceptors (Lipinski definition) is 2. The summed E-state index contributed by atoms with van der Waals surface area (Å²) in [6.45, 7) is 1.75. The van der Waals surface area contributed by atoms with E-state index in [0.29, 0.717) is 11.3 Å². The molecule has 2 rings (SSSR count). The minimum atomic E-state index is -0.187. The summed E-state index contributed by atoms with van der Waals surface area (Å²) in [5.41, 5.74) is 7.01. The van der Waals surface area contributed by atoms with Crippen LogP contribution in [0.15, 0.2) is 17.5 Å². The molecule has 1 aromatic heterocycles. The topological polar surface area (TPSA) is 26.0 Å². The average molecular weight is 181 g/mol. The summed E-state index contributed by atoms with van der Waals surface area (Å²) in [4.78, 5) is 0. The van der Waals surface area contributed by atoms with Gasteiger partial charge in [-0.3, -0.25) is 0 Å². The van der Waals surface area contributed by atoms with Crippen LogP contribution in [0, 0.1) is 12.7 Å². The highest BCUT2D eigenvalue weighted by atomic mass is 32.1. The van der Waals surface area contributed by atoms with Crippen molar-refractivity contribution < 1.29 is 4.39 Å². The van der Waals surface area contributed by atoms with Crippen LogP contribution < -0.4 is 5.73 Å². The van der Waals surface area contributed by atoms with Crippen LogP contribution in [0.4, 0.5) is 10.1 Å². The van der Waals surface area contributed by atoms with Gasteiger partial charge in [0.05, 0.1) is 5.69 Å². The van der Waals surface area contributed by atoms with E-state index in [1.165, 1.54) is 6.07 Å². The molecular weight excluding hydrogens is 173 g/mol. The van der Waals surface area contributed by atoms with Gasteiger partial charge >= 0.3 is 0 Å². The van der Waals surface area contributed by atoms with Gasteiger partial charge in [-0.05, 0) is 24.6 Å². The second-order valence-corrected chi connectivity index (χ2v) is 3.65. The molecule has 0 fully saturated rings. The van der Waals surface area contributed by atoms with E-state index >= 15 is 0 Å². The standard InChI is InChI=1S/C9H8FNS/c1-5-6(10)2-3-8-9(5)7(11)4-12-8/h2-4H,11H2,1H3. The van der Waals surface area contributed by atoms with Crippen molar-refractivity contribution >= 4 is 27.1 Å². The van der Waals surface area contributed by atoms with Gasteiger partial charge < -0.3 is 5.73 Å². The quantitative estimate of drug-likeness (QED) is 0.664. The van der Waals surface area contributed by atoms with Crippen LogP contribution in [0.1, 0.15) is 5.56 Å². The summed E-state index contributed by atoms with van der Waals surface area (Å²) in [6, 6.07) is 3.24. The zero-order valence-corrected chi connectivity index (χ0v) is 7.41. The highest BCUT2D eigenvalue weighted by Gasteiger charge is 2.06. The summed E-state index contributed by atoms with van der Waals surface area (Å²) in [5, 5.41) is 2.71. The molecule has 3 heteroatoms. The molecule has 1 aromatic carbocycles. The van der Waals surface area contributed by atoms with Crippen LogP contribution in [0.25, 0.3) is 10.1 Å². The Labute approximate surface area is 73.6 Å². The summed E-state index contributed by atoms with van der Waals surface area (Å²) in [6.07, 6.45) is 0. The zero-order chi connectivity index (χ0) is 8.72. The molecule has 0 unspecified atom stereocenters. The van der Waals surface area contributed by atoms with Gasteiger partial charge in [0.15, 0.2) is 0 Å². The Balaban J connectivity index is 2.96. The Morgan fingerprint density at radius 1 is 1.42 bits per heavy atom. The van der Waals surface area contributed by atoms with Crippen LogP contribution in [-0.2, 0) is 0 Å². The number of fused-ring (bicyclic) bond motifs is 1. The first-order valence-corrected chi connectivity index (χ1v) is 4.50. The SMILES string of the molecule is Cc1c(F)ccc2scc(N)c12. The summed E-state index contributed by atoms with van der Waals surface area (Å²) in [7, 11) is 0. The maximum atomic E-state index is 13.1. The van der Waals surface area contributed by atoms with E-state index in [9.17, 15) is 4.39 Å². The lowest BCUT2D eigenvalue weighted by Gasteiger charge is -1.98. The monoisotopic (exact) mass is 181 g/mol. The third-order valence-electron chi connectivity index (χ3n) is 1.96. The molecule has 62 valence electrons. The average Bonchev–Trinajstić information content (AvgIpc) is 2.41. The summed E-state index contributed by atoms with van der Waals surface area (Å²) >= 11 is 1.55. The third-order valence-corrected chi connectivity index (χ3v) is 2.93. The fraction of sp³-hybridized carbons (Fsp3) is 0.111. The van der Waals surface area contributed by atoms with Crippen molar-refractivity contribution in [3.63, 3.8) is 0 Å². The molecule has 0 saturated carbocycles. The number of nitrogens with two attached hydrogens (primary N) is 1. The molecule has 0 aliphatic carbocycles. The first kappa shape index (κ1) is 7.55. The van der Waals surface area contributed by atoms with Crippen molar-refractivity contribution in [2.75, 3.05) is 5.73 Å². The predicted octanol–water partition coefficient (Wildman–Crippen LogP) is 2.93. The Kier molecular flexibility index (Phi) is 1.54. The molecule has 2 aromatic rings. The second-order valence-electron chi connectivity index (χ2n) is 2.74. The van der Waals surface area contributed by atoms with E-state index in [1.54, 1.807) is 24.3 Å². The van der Waals surface area contributed by atoms with Crippen molar-refractivity contribution in [3.05, 3.63) is 28.9 Å². The number of halogens is 1. The van der Waals surface area contributed by atoms with E-state index in [0.717, 1.165) is 10.1 Å². The van der Waals surface area contributed by atoms with Gasteiger partial charge in [0, 0.05) is 15.5 Å². The first-order chi connectivity index (χ1) is 5.70. The minimum absolute atomic E-state index is 0.187. The van der Waals surface area contributed by atoms with Crippen molar-refractivity contribution in [3.8, 4) is 0 Å². The lowest BCUT2D eigenvalue weighted by atomic mass is 10.1. The lowest BCUT2D eigenvalue weighted by molar-refractivity contribution is 0.621. The number of aryl methyl sites for hydroxylation is 1. The van der Waals surface area contributed by atoms with Gasteiger partial charge in [-0.15, -0.1) is 11.3 Å².